The molecule has 0 bridgehead atoms. The molecule has 116 valence electrons. The summed E-state index contributed by atoms with van der Waals surface area (Å²) >= 11 is 1.81. The molecule has 1 N–H and O–H groups in total. The van der Waals surface area contributed by atoms with Crippen LogP contribution in [0.4, 0.5) is 0 Å². The van der Waals surface area contributed by atoms with Gasteiger partial charge in [-0.25, -0.2) is 0 Å². The predicted molar refractivity (Wildman–Crippen MR) is 87.3 cm³/mol. The van der Waals surface area contributed by atoms with Crippen LogP contribution in [0.5, 0.6) is 0 Å². The van der Waals surface area contributed by atoms with Crippen molar-refractivity contribution in [3.63, 3.8) is 0 Å². The quantitative estimate of drug-likeness (QED) is 0.920. The highest BCUT2D eigenvalue weighted by atomic mass is 32.1. The molecule has 2 aliphatic rings. The van der Waals surface area contributed by atoms with E-state index in [1.807, 2.05) is 6.92 Å². The molecule has 0 aromatic carbocycles. The Labute approximate surface area is 131 Å². The van der Waals surface area contributed by atoms with Gasteiger partial charge in [-0.15, -0.1) is 11.3 Å². The maximum Gasteiger partial charge on any atom is 0.241 e. The molecule has 1 saturated carbocycles. The number of nitrogens with one attached hydrogen (secondary N) is 1. The number of rotatable bonds is 3. The van der Waals surface area contributed by atoms with Gasteiger partial charge in [-0.2, -0.15) is 0 Å². The molecule has 3 rings (SSSR count). The molecule has 1 aromatic rings. The highest BCUT2D eigenvalue weighted by Gasteiger charge is 2.42. The summed E-state index contributed by atoms with van der Waals surface area (Å²) < 4.78 is 0. The van der Waals surface area contributed by atoms with E-state index in [2.05, 4.69) is 36.2 Å². The standard InChI is InChI=1S/C17H26N2OS/c1-4-13-6-8-14(9-7-13)19-16(18-12(3)17(19)20)15-10-5-11(2)21-15/h5,10,12-14,16,18H,4,6-9H2,1-3H3. The summed E-state index contributed by atoms with van der Waals surface area (Å²) in [5, 5.41) is 3.49. The first-order valence-corrected chi connectivity index (χ1v) is 9.06. The van der Waals surface area contributed by atoms with Crippen molar-refractivity contribution in [2.24, 2.45) is 5.92 Å². The average molecular weight is 306 g/mol. The van der Waals surface area contributed by atoms with Gasteiger partial charge < -0.3 is 4.90 Å². The van der Waals surface area contributed by atoms with Gasteiger partial charge >= 0.3 is 0 Å². The van der Waals surface area contributed by atoms with Crippen LogP contribution in [0.3, 0.4) is 0 Å². The summed E-state index contributed by atoms with van der Waals surface area (Å²) in [6.45, 7) is 6.41. The minimum absolute atomic E-state index is 0.0543. The molecule has 0 spiro atoms. The van der Waals surface area contributed by atoms with Crippen LogP contribution in [-0.4, -0.2) is 22.9 Å². The second kappa shape index (κ2) is 6.09. The van der Waals surface area contributed by atoms with Gasteiger partial charge in [0.15, 0.2) is 0 Å². The minimum atomic E-state index is -0.0543. The Morgan fingerprint density at radius 1 is 1.29 bits per heavy atom. The molecule has 2 unspecified atom stereocenters. The number of amides is 1. The molecule has 3 nitrogen and oxygen atoms in total. The van der Waals surface area contributed by atoms with Crippen LogP contribution in [0.25, 0.3) is 0 Å². The smallest absolute Gasteiger partial charge is 0.241 e. The number of carbonyl (C=O) groups excluding carboxylic acids is 1. The molecule has 2 atom stereocenters. The van der Waals surface area contributed by atoms with Crippen molar-refractivity contribution in [3.05, 3.63) is 21.9 Å². The highest BCUT2D eigenvalue weighted by Crippen LogP contribution is 2.37. The van der Waals surface area contributed by atoms with Crippen LogP contribution in [0.15, 0.2) is 12.1 Å². The predicted octanol–water partition coefficient (Wildman–Crippen LogP) is 3.84. The second-order valence-corrected chi connectivity index (χ2v) is 7.89. The number of aryl methyl sites for hydroxylation is 1. The summed E-state index contributed by atoms with van der Waals surface area (Å²) in [6.07, 6.45) is 6.25. The number of carbonyl (C=O) groups is 1. The van der Waals surface area contributed by atoms with Crippen molar-refractivity contribution in [1.82, 2.24) is 10.2 Å². The van der Waals surface area contributed by atoms with Gasteiger partial charge in [0.05, 0.1) is 6.04 Å². The zero-order valence-corrected chi connectivity index (χ0v) is 14.1. The fourth-order valence-electron chi connectivity index (χ4n) is 3.78. The highest BCUT2D eigenvalue weighted by molar-refractivity contribution is 7.12. The third-order valence-corrected chi connectivity index (χ3v) is 6.18. The molecule has 21 heavy (non-hydrogen) atoms. The molecule has 2 heterocycles. The zero-order valence-electron chi connectivity index (χ0n) is 13.3. The SMILES string of the molecule is CCC1CCC(N2C(=O)C(C)NC2c2ccc(C)s2)CC1. The monoisotopic (exact) mass is 306 g/mol. The average Bonchev–Trinajstić information content (AvgIpc) is 3.04. The van der Waals surface area contributed by atoms with Gasteiger partial charge in [-0.3, -0.25) is 10.1 Å². The lowest BCUT2D eigenvalue weighted by Crippen LogP contribution is -2.41. The van der Waals surface area contributed by atoms with Crippen LogP contribution in [0, 0.1) is 12.8 Å². The zero-order chi connectivity index (χ0) is 15.0. The summed E-state index contributed by atoms with van der Waals surface area (Å²) in [6, 6.07) is 4.70. The molecular formula is C17H26N2OS. The van der Waals surface area contributed by atoms with Crippen molar-refractivity contribution in [3.8, 4) is 0 Å². The van der Waals surface area contributed by atoms with E-state index in [-0.39, 0.29) is 18.1 Å². The first kappa shape index (κ1) is 15.0. The lowest BCUT2D eigenvalue weighted by Gasteiger charge is -2.37. The van der Waals surface area contributed by atoms with Gasteiger partial charge in [0.2, 0.25) is 5.91 Å². The number of nitrogens with zero attached hydrogens (tertiary/aromatic N) is 1. The lowest BCUT2D eigenvalue weighted by atomic mass is 9.84. The van der Waals surface area contributed by atoms with E-state index < -0.39 is 0 Å². The van der Waals surface area contributed by atoms with Gasteiger partial charge in [0.1, 0.15) is 6.17 Å². The normalized spacial score (nSPS) is 33.7. The van der Waals surface area contributed by atoms with Crippen molar-refractivity contribution >= 4 is 17.2 Å². The molecule has 1 aliphatic heterocycles. The van der Waals surface area contributed by atoms with E-state index in [1.165, 1.54) is 41.9 Å². The molecule has 0 radical (unpaired) electrons. The van der Waals surface area contributed by atoms with Crippen LogP contribution in [0.1, 0.15) is 61.9 Å². The molecule has 1 aliphatic carbocycles. The minimum Gasteiger partial charge on any atom is -0.318 e. The van der Waals surface area contributed by atoms with Crippen molar-refractivity contribution in [1.29, 1.82) is 0 Å². The summed E-state index contributed by atoms with van der Waals surface area (Å²) in [7, 11) is 0. The Bertz CT molecular complexity index is 505. The fraction of sp³-hybridized carbons (Fsp3) is 0.706. The molecule has 1 amide bonds. The summed E-state index contributed by atoms with van der Waals surface area (Å²) in [5.41, 5.74) is 0. The Hall–Kier alpha value is -0.870. The Kier molecular flexibility index (Phi) is 4.36. The van der Waals surface area contributed by atoms with Crippen molar-refractivity contribution < 1.29 is 4.79 Å². The van der Waals surface area contributed by atoms with E-state index in [9.17, 15) is 4.79 Å². The Morgan fingerprint density at radius 2 is 2.00 bits per heavy atom. The Balaban J connectivity index is 1.78. The summed E-state index contributed by atoms with van der Waals surface area (Å²) in [4.78, 5) is 17.4. The van der Waals surface area contributed by atoms with E-state index >= 15 is 0 Å². The van der Waals surface area contributed by atoms with Gasteiger partial charge in [-0.1, -0.05) is 13.3 Å². The first-order chi connectivity index (χ1) is 10.1. The largest absolute Gasteiger partial charge is 0.318 e. The van der Waals surface area contributed by atoms with Gasteiger partial charge in [-0.05, 0) is 57.6 Å². The maximum atomic E-state index is 12.6. The number of hydrogen-bond acceptors (Lipinski definition) is 3. The van der Waals surface area contributed by atoms with E-state index in [4.69, 9.17) is 0 Å². The molecule has 4 heteroatoms. The van der Waals surface area contributed by atoms with E-state index in [0.29, 0.717) is 6.04 Å². The fourth-order valence-corrected chi connectivity index (χ4v) is 4.72. The molecule has 1 saturated heterocycles. The van der Waals surface area contributed by atoms with Crippen molar-refractivity contribution in [2.75, 3.05) is 0 Å². The third kappa shape index (κ3) is 2.88. The Morgan fingerprint density at radius 3 is 2.57 bits per heavy atom. The van der Waals surface area contributed by atoms with Crippen LogP contribution >= 0.6 is 11.3 Å². The lowest BCUT2D eigenvalue weighted by molar-refractivity contribution is -0.133. The topological polar surface area (TPSA) is 32.3 Å². The summed E-state index contributed by atoms with van der Waals surface area (Å²) in [5.74, 6) is 1.15. The molecule has 1 aromatic heterocycles. The molecular weight excluding hydrogens is 280 g/mol. The molecule has 2 fully saturated rings. The van der Waals surface area contributed by atoms with Gasteiger partial charge in [0.25, 0.3) is 0 Å². The van der Waals surface area contributed by atoms with Gasteiger partial charge in [0, 0.05) is 15.8 Å². The van der Waals surface area contributed by atoms with E-state index in [0.717, 1.165) is 5.92 Å². The number of hydrogen-bond donors (Lipinski definition) is 1. The van der Waals surface area contributed by atoms with E-state index in [1.54, 1.807) is 11.3 Å². The second-order valence-electron chi connectivity index (χ2n) is 6.57. The van der Waals surface area contributed by atoms with Crippen molar-refractivity contribution in [2.45, 2.75) is 71.1 Å². The maximum absolute atomic E-state index is 12.6. The number of thiophene rings is 1. The van der Waals surface area contributed by atoms with Crippen LogP contribution in [0.2, 0.25) is 0 Å². The first-order valence-electron chi connectivity index (χ1n) is 8.24. The van der Waals surface area contributed by atoms with Crippen LogP contribution in [-0.2, 0) is 4.79 Å². The van der Waals surface area contributed by atoms with Crippen LogP contribution < -0.4 is 5.32 Å². The third-order valence-electron chi connectivity index (χ3n) is 5.13.